The van der Waals surface area contributed by atoms with E-state index in [0.29, 0.717) is 76.1 Å². The molecule has 0 unspecified atom stereocenters. The van der Waals surface area contributed by atoms with Gasteiger partial charge in [-0.3, -0.25) is 19.2 Å². The Balaban J connectivity index is 1.02. The second-order valence-corrected chi connectivity index (χ2v) is 23.7. The third-order valence-corrected chi connectivity index (χ3v) is 15.9. The minimum absolute atomic E-state index is 0.0622. The van der Waals surface area contributed by atoms with Crippen molar-refractivity contribution in [1.82, 2.24) is 16.0 Å². The van der Waals surface area contributed by atoms with E-state index in [9.17, 15) is 19.2 Å². The van der Waals surface area contributed by atoms with E-state index in [2.05, 4.69) is 134 Å². The highest BCUT2D eigenvalue weighted by molar-refractivity contribution is 5.99. The highest BCUT2D eigenvalue weighted by atomic mass is 16.5. The smallest absolute Gasteiger partial charge is 0.251 e. The van der Waals surface area contributed by atoms with Gasteiger partial charge in [0.1, 0.15) is 0 Å². The number of hydrogen-bond donors (Lipinski definition) is 3. The van der Waals surface area contributed by atoms with Gasteiger partial charge in [0.05, 0.1) is 0 Å². The summed E-state index contributed by atoms with van der Waals surface area (Å²) in [4.78, 5) is 52.5. The Morgan fingerprint density at radius 3 is 1.47 bits per heavy atom. The lowest BCUT2D eigenvalue weighted by Gasteiger charge is -2.42. The molecule has 8 heteroatoms. The van der Waals surface area contributed by atoms with Crippen LogP contribution < -0.4 is 16.0 Å². The van der Waals surface area contributed by atoms with Crippen molar-refractivity contribution < 1.29 is 23.9 Å². The van der Waals surface area contributed by atoms with Crippen LogP contribution in [-0.4, -0.2) is 56.4 Å². The van der Waals surface area contributed by atoms with Gasteiger partial charge in [0.15, 0.2) is 5.78 Å². The summed E-state index contributed by atoms with van der Waals surface area (Å²) in [6.45, 7) is 27.6. The van der Waals surface area contributed by atoms with E-state index in [1.54, 1.807) is 0 Å². The number of ketones is 1. The van der Waals surface area contributed by atoms with Crippen LogP contribution in [0.15, 0.2) is 84.9 Å². The summed E-state index contributed by atoms with van der Waals surface area (Å²) in [5.41, 5.74) is 14.4. The largest absolute Gasteiger partial charge is 0.381 e. The van der Waals surface area contributed by atoms with E-state index >= 15 is 0 Å². The Hall–Kier alpha value is -5.60. The number of Topliss-reactive ketones (excluding diaryl/α,β-unsaturated/α-hetero) is 1. The minimum atomic E-state index is -0.514. The lowest BCUT2D eigenvalue weighted by molar-refractivity contribution is -0.125. The molecule has 2 aliphatic rings. The van der Waals surface area contributed by atoms with Crippen molar-refractivity contribution in [2.24, 2.45) is 5.92 Å². The van der Waals surface area contributed by atoms with Crippen LogP contribution in [0.5, 0.6) is 0 Å². The summed E-state index contributed by atoms with van der Waals surface area (Å²) in [6.07, 6.45) is 13.7. The van der Waals surface area contributed by atoms with Crippen molar-refractivity contribution in [2.45, 2.75) is 175 Å². The van der Waals surface area contributed by atoms with E-state index in [4.69, 9.17) is 4.74 Å². The third-order valence-electron chi connectivity index (χ3n) is 15.9. The molecule has 4 aromatic rings. The Labute approximate surface area is 439 Å². The van der Waals surface area contributed by atoms with Crippen molar-refractivity contribution in [2.75, 3.05) is 32.8 Å². The predicted octanol–water partition coefficient (Wildman–Crippen LogP) is 14.1. The van der Waals surface area contributed by atoms with Crippen LogP contribution in [-0.2, 0) is 36.0 Å². The number of carbonyl (C=O) groups excluding carboxylic acids is 4. The number of fused-ring (bicyclic) bond motifs is 2. The van der Waals surface area contributed by atoms with Crippen molar-refractivity contribution in [3.8, 4) is 0 Å². The van der Waals surface area contributed by atoms with E-state index in [1.165, 1.54) is 63.8 Å². The predicted molar refractivity (Wildman–Crippen MR) is 303 cm³/mol. The summed E-state index contributed by atoms with van der Waals surface area (Å²) in [7, 11) is 0. The molecule has 0 saturated carbocycles. The number of benzene rings is 4. The lowest BCUT2D eigenvalue weighted by Crippen LogP contribution is -2.33. The maximum Gasteiger partial charge on any atom is 0.251 e. The molecule has 0 aromatic heterocycles. The average Bonchev–Trinajstić information content (AvgIpc) is 3.36. The summed E-state index contributed by atoms with van der Waals surface area (Å²) in [5, 5.41) is 9.02. The number of ether oxygens (including phenoxy) is 1. The molecule has 3 N–H and O–H groups in total. The van der Waals surface area contributed by atoms with Crippen molar-refractivity contribution in [3.63, 3.8) is 0 Å². The van der Waals surface area contributed by atoms with E-state index in [1.807, 2.05) is 55.5 Å². The molecule has 8 nitrogen and oxygen atoms in total. The molecule has 73 heavy (non-hydrogen) atoms. The number of unbranched alkanes of at least 4 members (excludes halogenated alkanes) is 1. The zero-order valence-corrected chi connectivity index (χ0v) is 46.4. The second-order valence-electron chi connectivity index (χ2n) is 23.7. The standard InChI is InChI=1S/C65H87N3O5/c1-12-17-59(70)66-36-15-38-73-39-16-37-68-61(72)53(44-58(69)49-23-19-47(20-24-49)40-45(2)51-27-29-54-56(42-51)64(8,9)33-31-62(54,4)5)18-13-14-35-67-60(71)50-25-21-48(22-26-50)41-46(3)52-28-30-55-57(43-52)65(10,11)34-32-63(55,6)7/h19-30,40-43,53H,12-18,31-39,44H2,1-11H3,(H,66,70)(H,67,71)(H,68,72)/b45-40+,46-41+/t53-/m1/s1. The van der Waals surface area contributed by atoms with Gasteiger partial charge in [-0.25, -0.2) is 0 Å². The number of carbonyl (C=O) groups is 4. The normalized spacial score (nSPS) is 16.9. The highest BCUT2D eigenvalue weighted by Crippen LogP contribution is 2.48. The number of hydrogen-bond acceptors (Lipinski definition) is 5. The van der Waals surface area contributed by atoms with Gasteiger partial charge in [0.2, 0.25) is 11.8 Å². The van der Waals surface area contributed by atoms with Gasteiger partial charge in [-0.1, -0.05) is 154 Å². The summed E-state index contributed by atoms with van der Waals surface area (Å²) in [5.74, 6) is -0.805. The molecule has 0 fully saturated rings. The van der Waals surface area contributed by atoms with Gasteiger partial charge in [-0.2, -0.15) is 0 Å². The molecule has 3 amide bonds. The molecular weight excluding hydrogens is 903 g/mol. The Morgan fingerprint density at radius 2 is 0.973 bits per heavy atom. The monoisotopic (exact) mass is 990 g/mol. The first-order chi connectivity index (χ1) is 34.6. The van der Waals surface area contributed by atoms with Crippen molar-refractivity contribution in [3.05, 3.63) is 141 Å². The average molecular weight is 990 g/mol. The highest BCUT2D eigenvalue weighted by Gasteiger charge is 2.38. The number of allylic oxidation sites excluding steroid dienone is 2. The van der Waals surface area contributed by atoms with Gasteiger partial charge in [0, 0.05) is 62.7 Å². The molecular formula is C65H87N3O5. The van der Waals surface area contributed by atoms with Crippen LogP contribution in [0.25, 0.3) is 23.3 Å². The Morgan fingerprint density at radius 1 is 0.534 bits per heavy atom. The molecule has 2 aliphatic carbocycles. The Bertz CT molecular complexity index is 2610. The Kier molecular flexibility index (Phi) is 19.5. The summed E-state index contributed by atoms with van der Waals surface area (Å²) < 4.78 is 5.75. The molecule has 392 valence electrons. The molecule has 0 heterocycles. The fourth-order valence-corrected chi connectivity index (χ4v) is 10.7. The molecule has 0 spiro atoms. The van der Waals surface area contributed by atoms with Crippen LogP contribution in [0.2, 0.25) is 0 Å². The zero-order chi connectivity index (χ0) is 53.0. The first kappa shape index (κ1) is 56.7. The van der Waals surface area contributed by atoms with Gasteiger partial charge < -0.3 is 20.7 Å². The van der Waals surface area contributed by atoms with E-state index < -0.39 is 5.92 Å². The van der Waals surface area contributed by atoms with Crippen LogP contribution in [0.4, 0.5) is 0 Å². The van der Waals surface area contributed by atoms with Gasteiger partial charge in [-0.15, -0.1) is 0 Å². The van der Waals surface area contributed by atoms with Gasteiger partial charge in [-0.05, 0) is 161 Å². The first-order valence-corrected chi connectivity index (χ1v) is 27.4. The first-order valence-electron chi connectivity index (χ1n) is 27.4. The van der Waals surface area contributed by atoms with Crippen molar-refractivity contribution in [1.29, 1.82) is 0 Å². The topological polar surface area (TPSA) is 114 Å². The zero-order valence-electron chi connectivity index (χ0n) is 46.4. The van der Waals surface area contributed by atoms with Gasteiger partial charge >= 0.3 is 0 Å². The van der Waals surface area contributed by atoms with Crippen molar-refractivity contribution >= 4 is 46.8 Å². The second kappa shape index (κ2) is 25.1. The van der Waals surface area contributed by atoms with Gasteiger partial charge in [0.25, 0.3) is 5.91 Å². The summed E-state index contributed by atoms with van der Waals surface area (Å²) >= 11 is 0. The van der Waals surface area contributed by atoms with Crippen LogP contribution in [0.1, 0.15) is 218 Å². The maximum atomic E-state index is 13.8. The number of nitrogens with one attached hydrogen (secondary N) is 3. The fourth-order valence-electron chi connectivity index (χ4n) is 10.7. The third kappa shape index (κ3) is 15.5. The fraction of sp³-hybridized carbons (Fsp3) is 0.508. The SMILES string of the molecule is CCCC(=O)NCCCOCCCNC(=O)[C@H](CCCCNC(=O)c1ccc(/C=C(\C)c2ccc3c(c2)C(C)(C)CCC3(C)C)cc1)CC(=O)c1ccc(/C=C(\C)c2ccc3c(c2)C(C)(C)CCC3(C)C)cc1. The molecule has 1 atom stereocenters. The van der Waals surface area contributed by atoms with Crippen LogP contribution in [0.3, 0.4) is 0 Å². The molecule has 6 rings (SSSR count). The maximum absolute atomic E-state index is 13.8. The summed E-state index contributed by atoms with van der Waals surface area (Å²) in [6, 6.07) is 29.3. The quantitative estimate of drug-likeness (QED) is 0.0368. The van der Waals surface area contributed by atoms with Crippen LogP contribution >= 0.6 is 0 Å². The molecule has 0 radical (unpaired) electrons. The minimum Gasteiger partial charge on any atom is -0.381 e. The molecule has 4 aromatic carbocycles. The molecule has 0 saturated heterocycles. The van der Waals surface area contributed by atoms with Crippen LogP contribution in [0, 0.1) is 5.92 Å². The van der Waals surface area contributed by atoms with E-state index in [-0.39, 0.29) is 51.6 Å². The number of amides is 3. The van der Waals surface area contributed by atoms with E-state index in [0.717, 1.165) is 30.4 Å². The lowest BCUT2D eigenvalue weighted by atomic mass is 9.63. The molecule has 0 bridgehead atoms. The molecule has 0 aliphatic heterocycles. The number of rotatable bonds is 24.